The first-order valence-corrected chi connectivity index (χ1v) is 8.59. The Labute approximate surface area is 147 Å². The number of rotatable bonds is 5. The van der Waals surface area contributed by atoms with Crippen molar-refractivity contribution >= 4 is 29.3 Å². The summed E-state index contributed by atoms with van der Waals surface area (Å²) < 4.78 is 4.69. The molecule has 0 aromatic heterocycles. The van der Waals surface area contributed by atoms with Crippen LogP contribution in [-0.4, -0.2) is 61.6 Å². The van der Waals surface area contributed by atoms with Gasteiger partial charge in [0.25, 0.3) is 0 Å². The van der Waals surface area contributed by atoms with Crippen LogP contribution in [-0.2, 0) is 4.74 Å². The first kappa shape index (κ1) is 18.5. The topological polar surface area (TPSA) is 61.9 Å². The molecule has 0 saturated carbocycles. The van der Waals surface area contributed by atoms with Crippen LogP contribution in [0.4, 0.5) is 10.5 Å². The lowest BCUT2D eigenvalue weighted by Gasteiger charge is -2.34. The molecule has 24 heavy (non-hydrogen) atoms. The third kappa shape index (κ3) is 4.85. The smallest absolute Gasteiger partial charge is 0.337 e. The molecule has 1 saturated heterocycles. The Kier molecular flexibility index (Phi) is 6.87. The third-order valence-electron chi connectivity index (χ3n) is 4.12. The Morgan fingerprint density at radius 2 is 1.96 bits per heavy atom. The normalized spacial score (nSPS) is 15.2. The van der Waals surface area contributed by atoms with E-state index >= 15 is 0 Å². The summed E-state index contributed by atoms with van der Waals surface area (Å²) in [5.41, 5.74) is 0.763. The quantitative estimate of drug-likeness (QED) is 0.826. The maximum Gasteiger partial charge on any atom is 0.337 e. The number of amides is 2. The minimum absolute atomic E-state index is 0.200. The van der Waals surface area contributed by atoms with Gasteiger partial charge in [-0.3, -0.25) is 4.90 Å². The molecule has 7 heteroatoms. The number of nitrogens with zero attached hydrogens (tertiary/aromatic N) is 2. The number of halogens is 1. The lowest BCUT2D eigenvalue weighted by molar-refractivity contribution is 0.0600. The lowest BCUT2D eigenvalue weighted by atomic mass is 10.2. The average Bonchev–Trinajstić information content (AvgIpc) is 2.61. The van der Waals surface area contributed by atoms with Crippen LogP contribution in [0.5, 0.6) is 0 Å². The average molecular weight is 354 g/mol. The zero-order valence-electron chi connectivity index (χ0n) is 14.2. The number of anilines is 1. The Balaban J connectivity index is 1.94. The van der Waals surface area contributed by atoms with E-state index in [2.05, 4.69) is 21.9 Å². The fraction of sp³-hybridized carbons (Fsp3) is 0.529. The number of benzene rings is 1. The summed E-state index contributed by atoms with van der Waals surface area (Å²) >= 11 is 6.11. The van der Waals surface area contributed by atoms with E-state index in [1.807, 2.05) is 0 Å². The highest BCUT2D eigenvalue weighted by atomic mass is 35.5. The number of urea groups is 1. The fourth-order valence-electron chi connectivity index (χ4n) is 2.62. The monoisotopic (exact) mass is 353 g/mol. The van der Waals surface area contributed by atoms with Gasteiger partial charge in [-0.2, -0.15) is 0 Å². The Bertz CT molecular complexity index is 586. The highest BCUT2D eigenvalue weighted by molar-refractivity contribution is 6.33. The minimum atomic E-state index is -0.466. The molecule has 2 rings (SSSR count). The highest BCUT2D eigenvalue weighted by Gasteiger charge is 2.21. The van der Waals surface area contributed by atoms with Gasteiger partial charge in [0.05, 0.1) is 23.4 Å². The summed E-state index contributed by atoms with van der Waals surface area (Å²) in [6, 6.07) is 4.47. The number of unbranched alkanes of at least 4 members (excludes halogenated alkanes) is 1. The predicted octanol–water partition coefficient (Wildman–Crippen LogP) is 3.08. The van der Waals surface area contributed by atoms with E-state index in [1.54, 1.807) is 17.0 Å². The van der Waals surface area contributed by atoms with Gasteiger partial charge in [-0.05, 0) is 31.2 Å². The van der Waals surface area contributed by atoms with Gasteiger partial charge in [-0.15, -0.1) is 0 Å². The zero-order chi connectivity index (χ0) is 17.5. The van der Waals surface area contributed by atoms with Gasteiger partial charge in [-0.25, -0.2) is 9.59 Å². The van der Waals surface area contributed by atoms with Gasteiger partial charge >= 0.3 is 12.0 Å². The van der Waals surface area contributed by atoms with Crippen molar-refractivity contribution in [2.75, 3.05) is 45.2 Å². The van der Waals surface area contributed by atoms with Crippen LogP contribution < -0.4 is 5.32 Å². The first-order chi connectivity index (χ1) is 11.5. The van der Waals surface area contributed by atoms with Crippen molar-refractivity contribution in [2.24, 2.45) is 0 Å². The number of esters is 1. The highest BCUT2D eigenvalue weighted by Crippen LogP contribution is 2.24. The van der Waals surface area contributed by atoms with Crippen LogP contribution in [0.15, 0.2) is 18.2 Å². The summed E-state index contributed by atoms with van der Waals surface area (Å²) in [4.78, 5) is 28.1. The molecule has 132 valence electrons. The molecule has 1 heterocycles. The van der Waals surface area contributed by atoms with Crippen LogP contribution in [0.25, 0.3) is 0 Å². The van der Waals surface area contributed by atoms with Gasteiger partial charge in [0.1, 0.15) is 0 Å². The lowest BCUT2D eigenvalue weighted by Crippen LogP contribution is -2.50. The van der Waals surface area contributed by atoms with Gasteiger partial charge in [0.15, 0.2) is 0 Å². The van der Waals surface area contributed by atoms with E-state index in [-0.39, 0.29) is 6.03 Å². The predicted molar refractivity (Wildman–Crippen MR) is 94.7 cm³/mol. The summed E-state index contributed by atoms with van der Waals surface area (Å²) in [7, 11) is 1.31. The van der Waals surface area contributed by atoms with Crippen LogP contribution in [0.2, 0.25) is 5.02 Å². The molecule has 1 aliphatic heterocycles. The second-order valence-corrected chi connectivity index (χ2v) is 6.21. The van der Waals surface area contributed by atoms with E-state index in [1.165, 1.54) is 26.0 Å². The number of ether oxygens (including phenoxy) is 1. The van der Waals surface area contributed by atoms with Crippen LogP contribution in [0.1, 0.15) is 30.1 Å². The summed E-state index contributed by atoms with van der Waals surface area (Å²) in [6.07, 6.45) is 2.36. The maximum atomic E-state index is 12.4. The number of hydrogen-bond acceptors (Lipinski definition) is 4. The van der Waals surface area contributed by atoms with Crippen molar-refractivity contribution in [1.82, 2.24) is 9.80 Å². The molecule has 0 bridgehead atoms. The van der Waals surface area contributed by atoms with E-state index in [0.29, 0.717) is 29.4 Å². The Hall–Kier alpha value is -1.79. The minimum Gasteiger partial charge on any atom is -0.465 e. The molecule has 0 unspecified atom stereocenters. The molecule has 0 radical (unpaired) electrons. The summed E-state index contributed by atoms with van der Waals surface area (Å²) in [5, 5.41) is 3.17. The molecule has 6 nitrogen and oxygen atoms in total. The van der Waals surface area contributed by atoms with Crippen molar-refractivity contribution in [1.29, 1.82) is 0 Å². The summed E-state index contributed by atoms with van der Waals surface area (Å²) in [6.45, 7) is 6.38. The van der Waals surface area contributed by atoms with Crippen LogP contribution >= 0.6 is 11.6 Å². The van der Waals surface area contributed by atoms with Crippen molar-refractivity contribution < 1.29 is 14.3 Å². The number of nitrogens with one attached hydrogen (secondary N) is 1. The van der Waals surface area contributed by atoms with E-state index in [4.69, 9.17) is 11.6 Å². The largest absolute Gasteiger partial charge is 0.465 e. The second-order valence-electron chi connectivity index (χ2n) is 5.80. The van der Waals surface area contributed by atoms with Crippen LogP contribution in [0.3, 0.4) is 0 Å². The number of piperazine rings is 1. The molecule has 0 atom stereocenters. The van der Waals surface area contributed by atoms with Crippen molar-refractivity contribution in [3.63, 3.8) is 0 Å². The fourth-order valence-corrected chi connectivity index (χ4v) is 2.78. The molecule has 1 fully saturated rings. The van der Waals surface area contributed by atoms with Gasteiger partial charge < -0.3 is 15.0 Å². The first-order valence-electron chi connectivity index (χ1n) is 8.21. The molecule has 2 amide bonds. The molecule has 1 aromatic carbocycles. The number of carbonyl (C=O) groups is 2. The molecule has 1 aliphatic rings. The molecular formula is C17H24ClN3O3. The zero-order valence-corrected chi connectivity index (χ0v) is 14.9. The molecular weight excluding hydrogens is 330 g/mol. The van der Waals surface area contributed by atoms with Gasteiger partial charge in [-0.1, -0.05) is 24.9 Å². The molecule has 0 aliphatic carbocycles. The number of methoxy groups -OCH3 is 1. The molecule has 0 spiro atoms. The molecule has 1 N–H and O–H groups in total. The Morgan fingerprint density at radius 1 is 1.25 bits per heavy atom. The summed E-state index contributed by atoms with van der Waals surface area (Å²) in [5.74, 6) is -0.466. The Morgan fingerprint density at radius 3 is 2.58 bits per heavy atom. The third-order valence-corrected chi connectivity index (χ3v) is 4.45. The van der Waals surface area contributed by atoms with E-state index in [0.717, 1.165) is 19.6 Å². The van der Waals surface area contributed by atoms with Gasteiger partial charge in [0, 0.05) is 26.2 Å². The second kappa shape index (κ2) is 8.89. The van der Waals surface area contributed by atoms with Gasteiger partial charge in [0.2, 0.25) is 0 Å². The van der Waals surface area contributed by atoms with Crippen LogP contribution in [0, 0.1) is 0 Å². The van der Waals surface area contributed by atoms with Crippen molar-refractivity contribution in [3.8, 4) is 0 Å². The van der Waals surface area contributed by atoms with Crippen molar-refractivity contribution in [3.05, 3.63) is 28.8 Å². The molecule has 1 aromatic rings. The van der Waals surface area contributed by atoms with Crippen molar-refractivity contribution in [2.45, 2.75) is 19.8 Å². The SMILES string of the molecule is CCCCN1CCN(C(=O)Nc2cc(C(=O)OC)ccc2Cl)CC1. The van der Waals surface area contributed by atoms with E-state index < -0.39 is 5.97 Å². The standard InChI is InChI=1S/C17H24ClN3O3/c1-3-4-7-20-8-10-21(11-9-20)17(23)19-15-12-13(16(22)24-2)5-6-14(15)18/h5-6,12H,3-4,7-11H2,1-2H3,(H,19,23). The number of carbonyl (C=O) groups excluding carboxylic acids is 2. The van der Waals surface area contributed by atoms with E-state index in [9.17, 15) is 9.59 Å². The maximum absolute atomic E-state index is 12.4. The number of hydrogen-bond donors (Lipinski definition) is 1.